The lowest BCUT2D eigenvalue weighted by molar-refractivity contribution is 0.0337. The first-order valence-electron chi connectivity index (χ1n) is 9.93. The van der Waals surface area contributed by atoms with E-state index in [1.54, 1.807) is 6.07 Å². The molecule has 0 radical (unpaired) electrons. The first kappa shape index (κ1) is 20.6. The van der Waals surface area contributed by atoms with Crippen molar-refractivity contribution in [2.24, 2.45) is 0 Å². The van der Waals surface area contributed by atoms with Crippen LogP contribution in [0.2, 0.25) is 0 Å². The first-order valence-corrected chi connectivity index (χ1v) is 10.8. The Hall–Kier alpha value is -3.28. The molecule has 164 valence electrons. The Morgan fingerprint density at radius 3 is 2.88 bits per heavy atom. The predicted molar refractivity (Wildman–Crippen MR) is 115 cm³/mol. The molecule has 5 rings (SSSR count). The third kappa shape index (κ3) is 4.22. The van der Waals surface area contributed by atoms with Gasteiger partial charge >= 0.3 is 0 Å². The summed E-state index contributed by atoms with van der Waals surface area (Å²) in [5.74, 6) is -1.64. The van der Waals surface area contributed by atoms with Crippen LogP contribution in [0.5, 0.6) is 0 Å². The lowest BCUT2D eigenvalue weighted by atomic mass is 10.1. The number of ether oxygens (including phenoxy) is 1. The fourth-order valence-electron chi connectivity index (χ4n) is 3.45. The molecule has 1 aliphatic heterocycles. The van der Waals surface area contributed by atoms with Crippen molar-refractivity contribution >= 4 is 28.0 Å². The second-order valence-corrected chi connectivity index (χ2v) is 8.10. The Morgan fingerprint density at radius 1 is 1.19 bits per heavy atom. The third-order valence-corrected chi connectivity index (χ3v) is 5.87. The number of benzene rings is 1. The van der Waals surface area contributed by atoms with Gasteiger partial charge in [-0.05, 0) is 30.3 Å². The number of carbonyl (C=O) groups is 1. The van der Waals surface area contributed by atoms with Gasteiger partial charge < -0.3 is 4.74 Å². The smallest absolute Gasteiger partial charge is 0.277 e. The van der Waals surface area contributed by atoms with Crippen molar-refractivity contribution in [2.75, 3.05) is 31.6 Å². The zero-order valence-electron chi connectivity index (χ0n) is 16.8. The summed E-state index contributed by atoms with van der Waals surface area (Å²) in [6.07, 6.45) is 1.38. The second-order valence-electron chi connectivity index (χ2n) is 7.24. The quantitative estimate of drug-likeness (QED) is 0.497. The van der Waals surface area contributed by atoms with Crippen LogP contribution in [0.3, 0.4) is 0 Å². The minimum absolute atomic E-state index is 0.000337. The topological polar surface area (TPSA) is 84.7 Å². The van der Waals surface area contributed by atoms with E-state index in [0.717, 1.165) is 37.0 Å². The normalized spacial score (nSPS) is 14.7. The minimum Gasteiger partial charge on any atom is -0.379 e. The van der Waals surface area contributed by atoms with Crippen LogP contribution >= 0.6 is 11.3 Å². The van der Waals surface area contributed by atoms with E-state index in [4.69, 9.17) is 4.74 Å². The highest BCUT2D eigenvalue weighted by atomic mass is 32.1. The van der Waals surface area contributed by atoms with Crippen molar-refractivity contribution in [1.29, 1.82) is 0 Å². The van der Waals surface area contributed by atoms with Crippen LogP contribution in [-0.4, -0.2) is 56.7 Å². The lowest BCUT2D eigenvalue weighted by Gasteiger charge is -2.25. The van der Waals surface area contributed by atoms with Gasteiger partial charge in [0.25, 0.3) is 5.91 Å². The average Bonchev–Trinajstić information content (AvgIpc) is 3.42. The fraction of sp³-hybridized carbons (Fsp3) is 0.238. The summed E-state index contributed by atoms with van der Waals surface area (Å²) in [6, 6.07) is 6.25. The summed E-state index contributed by atoms with van der Waals surface area (Å²) < 4.78 is 34.4. The number of carbonyl (C=O) groups excluding carboxylic acids is 1. The number of halogens is 2. The van der Waals surface area contributed by atoms with Crippen LogP contribution in [-0.2, 0) is 11.3 Å². The Kier molecular flexibility index (Phi) is 5.60. The molecule has 0 bridgehead atoms. The third-order valence-electron chi connectivity index (χ3n) is 5.06. The molecule has 32 heavy (non-hydrogen) atoms. The minimum atomic E-state index is -0.611. The number of amides is 1. The molecular formula is C21H18F2N6O2S. The molecule has 1 aromatic carbocycles. The van der Waals surface area contributed by atoms with Crippen LogP contribution in [0.15, 0.2) is 41.9 Å². The predicted octanol–water partition coefficient (Wildman–Crippen LogP) is 3.22. The maximum Gasteiger partial charge on any atom is 0.277 e. The zero-order chi connectivity index (χ0) is 22.1. The van der Waals surface area contributed by atoms with Crippen LogP contribution in [0.4, 0.5) is 13.9 Å². The Bertz CT molecular complexity index is 1280. The number of hydrogen-bond donors (Lipinski definition) is 1. The first-order chi connectivity index (χ1) is 15.6. The van der Waals surface area contributed by atoms with Gasteiger partial charge in [0.2, 0.25) is 0 Å². The molecule has 0 unspecified atom stereocenters. The van der Waals surface area contributed by atoms with E-state index >= 15 is 0 Å². The number of aromatic nitrogens is 4. The SMILES string of the molecule is O=C(Nc1nc(CN2CCOCC2)cs1)c1cnc2ccc(-c3cc(F)ccc3F)nn12. The van der Waals surface area contributed by atoms with Crippen molar-refractivity contribution in [3.05, 3.63) is 64.9 Å². The zero-order valence-corrected chi connectivity index (χ0v) is 17.6. The largest absolute Gasteiger partial charge is 0.379 e. The standard InChI is InChI=1S/C21H18F2N6O2S/c22-13-1-2-16(23)15(9-13)17-3-4-19-24-10-18(29(19)27-17)20(30)26-21-25-14(12-32-21)11-28-5-7-31-8-6-28/h1-4,9-10,12H,5-8,11H2,(H,25,26,30). The van der Waals surface area contributed by atoms with Crippen molar-refractivity contribution in [3.8, 4) is 11.3 Å². The summed E-state index contributed by atoms with van der Waals surface area (Å²) in [5, 5.41) is 9.43. The van der Waals surface area contributed by atoms with Gasteiger partial charge in [-0.1, -0.05) is 0 Å². The van der Waals surface area contributed by atoms with Crippen molar-refractivity contribution in [3.63, 3.8) is 0 Å². The van der Waals surface area contributed by atoms with Gasteiger partial charge in [-0.25, -0.2) is 23.3 Å². The van der Waals surface area contributed by atoms with Gasteiger partial charge in [-0.2, -0.15) is 5.10 Å². The Balaban J connectivity index is 1.36. The van der Waals surface area contributed by atoms with E-state index in [0.29, 0.717) is 30.5 Å². The van der Waals surface area contributed by atoms with Crippen LogP contribution in [0.1, 0.15) is 16.2 Å². The molecule has 1 saturated heterocycles. The molecule has 3 aromatic heterocycles. The maximum atomic E-state index is 14.2. The summed E-state index contributed by atoms with van der Waals surface area (Å²) in [6.45, 7) is 3.80. The number of nitrogens with zero attached hydrogens (tertiary/aromatic N) is 5. The number of fused-ring (bicyclic) bond motifs is 1. The molecule has 0 spiro atoms. The number of anilines is 1. The van der Waals surface area contributed by atoms with Crippen molar-refractivity contribution in [2.45, 2.75) is 6.54 Å². The number of imidazole rings is 1. The average molecular weight is 456 g/mol. The van der Waals surface area contributed by atoms with Gasteiger partial charge in [-0.15, -0.1) is 11.3 Å². The van der Waals surface area contributed by atoms with E-state index in [-0.39, 0.29) is 17.0 Å². The molecule has 0 atom stereocenters. The Labute approximate surface area is 185 Å². The van der Waals surface area contributed by atoms with E-state index in [1.165, 1.54) is 28.1 Å². The van der Waals surface area contributed by atoms with E-state index in [1.807, 2.05) is 5.38 Å². The fourth-order valence-corrected chi connectivity index (χ4v) is 4.15. The molecular weight excluding hydrogens is 438 g/mol. The number of morpholine rings is 1. The summed E-state index contributed by atoms with van der Waals surface area (Å²) >= 11 is 1.33. The monoisotopic (exact) mass is 456 g/mol. The number of nitrogens with one attached hydrogen (secondary N) is 1. The van der Waals surface area contributed by atoms with E-state index in [9.17, 15) is 13.6 Å². The number of hydrogen-bond acceptors (Lipinski definition) is 7. The van der Waals surface area contributed by atoms with Gasteiger partial charge in [0, 0.05) is 30.6 Å². The van der Waals surface area contributed by atoms with Gasteiger partial charge in [0.1, 0.15) is 11.6 Å². The Morgan fingerprint density at radius 2 is 2.03 bits per heavy atom. The molecule has 1 fully saturated rings. The van der Waals surface area contributed by atoms with Crippen molar-refractivity contribution in [1.82, 2.24) is 24.5 Å². The summed E-state index contributed by atoms with van der Waals surface area (Å²) in [7, 11) is 0. The van der Waals surface area contributed by atoms with E-state index in [2.05, 4.69) is 25.3 Å². The number of thiazole rings is 1. The van der Waals surface area contributed by atoms with Crippen LogP contribution in [0, 0.1) is 11.6 Å². The molecule has 4 heterocycles. The van der Waals surface area contributed by atoms with Crippen LogP contribution in [0.25, 0.3) is 16.9 Å². The lowest BCUT2D eigenvalue weighted by Crippen LogP contribution is -2.35. The summed E-state index contributed by atoms with van der Waals surface area (Å²) in [5.41, 5.74) is 1.61. The molecule has 8 nitrogen and oxygen atoms in total. The molecule has 1 N–H and O–H groups in total. The maximum absolute atomic E-state index is 14.2. The number of rotatable bonds is 5. The van der Waals surface area contributed by atoms with Gasteiger partial charge in [0.15, 0.2) is 16.5 Å². The summed E-state index contributed by atoms with van der Waals surface area (Å²) in [4.78, 5) is 23.8. The highest BCUT2D eigenvalue weighted by molar-refractivity contribution is 7.13. The van der Waals surface area contributed by atoms with Crippen molar-refractivity contribution < 1.29 is 18.3 Å². The molecule has 0 aliphatic carbocycles. The highest BCUT2D eigenvalue weighted by Gasteiger charge is 2.18. The molecule has 1 aliphatic rings. The second kappa shape index (κ2) is 8.69. The van der Waals surface area contributed by atoms with Crippen LogP contribution < -0.4 is 5.32 Å². The molecule has 1 amide bonds. The molecule has 11 heteroatoms. The van der Waals surface area contributed by atoms with E-state index < -0.39 is 17.5 Å². The van der Waals surface area contributed by atoms with Gasteiger partial charge in [0.05, 0.1) is 30.8 Å². The highest BCUT2D eigenvalue weighted by Crippen LogP contribution is 2.23. The molecule has 0 saturated carbocycles. The molecule has 4 aromatic rings. The van der Waals surface area contributed by atoms with Gasteiger partial charge in [-0.3, -0.25) is 15.0 Å².